The molecule has 0 aliphatic rings. The summed E-state index contributed by atoms with van der Waals surface area (Å²) in [7, 11) is 0. The Bertz CT molecular complexity index is 1430. The zero-order valence-electron chi connectivity index (χ0n) is 22.4. The number of amides is 1. The molecule has 0 fully saturated rings. The standard InChI is InChI=1S/C27H38N6O4/c1-6-32(7-2)14-12-28-16-19-22-24(26(36)17(5)25(19)35)31-21-18(10-11-20(34)23(21)30-22)27(37)29-13-15-33(8-3)9-4/h10-11,16,28,31,35H,6-9,12-15H2,1-5H3,(H,29,37)/b19-16+. The van der Waals surface area contributed by atoms with Crippen LogP contribution < -0.4 is 26.7 Å². The number of phenolic OH excluding ortho intramolecular Hbond substituents is 1. The lowest BCUT2D eigenvalue weighted by Gasteiger charge is -2.18. The van der Waals surface area contributed by atoms with Gasteiger partial charge in [-0.15, -0.1) is 0 Å². The van der Waals surface area contributed by atoms with Crippen LogP contribution in [0.15, 0.2) is 21.7 Å². The van der Waals surface area contributed by atoms with Crippen LogP contribution in [0.3, 0.4) is 0 Å². The quantitative estimate of drug-likeness (QED) is 0.209. The lowest BCUT2D eigenvalue weighted by Crippen LogP contribution is -2.35. The van der Waals surface area contributed by atoms with Gasteiger partial charge in [-0.05, 0) is 45.2 Å². The highest BCUT2D eigenvalue weighted by Crippen LogP contribution is 2.17. The minimum Gasteiger partial charge on any atom is -0.507 e. The van der Waals surface area contributed by atoms with Crippen molar-refractivity contribution in [2.24, 2.45) is 0 Å². The van der Waals surface area contributed by atoms with Crippen molar-refractivity contribution in [2.75, 3.05) is 52.4 Å². The van der Waals surface area contributed by atoms with Crippen molar-refractivity contribution in [3.63, 3.8) is 0 Å². The van der Waals surface area contributed by atoms with E-state index >= 15 is 0 Å². The molecule has 2 aromatic carbocycles. The molecule has 0 saturated carbocycles. The lowest BCUT2D eigenvalue weighted by molar-refractivity contribution is 0.0950. The Morgan fingerprint density at radius 1 is 0.973 bits per heavy atom. The Morgan fingerprint density at radius 2 is 1.59 bits per heavy atom. The maximum absolute atomic E-state index is 13.1. The molecule has 10 nitrogen and oxygen atoms in total. The van der Waals surface area contributed by atoms with Crippen molar-refractivity contribution in [2.45, 2.75) is 34.6 Å². The van der Waals surface area contributed by atoms with E-state index in [1.165, 1.54) is 19.1 Å². The maximum Gasteiger partial charge on any atom is 0.253 e. The molecule has 200 valence electrons. The minimum atomic E-state index is -0.439. The SMILES string of the molecule is CCN(CC)CCN/C=c1/c(O)c(C)c(=O)c2[nH]c3c(C(=O)NCCN(CC)CC)ccc(=O)c3nc12. The maximum atomic E-state index is 13.1. The molecular weight excluding hydrogens is 472 g/mol. The number of carbonyl (C=O) groups excluding carboxylic acids is 1. The number of aromatic nitrogens is 2. The van der Waals surface area contributed by atoms with Crippen molar-refractivity contribution in [3.05, 3.63) is 48.9 Å². The van der Waals surface area contributed by atoms with Crippen LogP contribution in [-0.2, 0) is 0 Å². The molecule has 0 atom stereocenters. The molecule has 0 unspecified atom stereocenters. The first-order valence-corrected chi connectivity index (χ1v) is 13.0. The number of nitrogens with zero attached hydrogens (tertiary/aromatic N) is 3. The number of rotatable bonds is 12. The Labute approximate surface area is 216 Å². The second-order valence-corrected chi connectivity index (χ2v) is 8.92. The van der Waals surface area contributed by atoms with Gasteiger partial charge in [-0.2, -0.15) is 0 Å². The van der Waals surface area contributed by atoms with Crippen molar-refractivity contribution >= 4 is 34.2 Å². The number of carbonyl (C=O) groups is 1. The van der Waals surface area contributed by atoms with Crippen LogP contribution in [0.5, 0.6) is 5.75 Å². The van der Waals surface area contributed by atoms with Crippen LogP contribution in [0, 0.1) is 6.92 Å². The Morgan fingerprint density at radius 3 is 2.22 bits per heavy atom. The Kier molecular flexibility index (Phi) is 9.60. The summed E-state index contributed by atoms with van der Waals surface area (Å²) in [5, 5.41) is 17.2. The van der Waals surface area contributed by atoms with Gasteiger partial charge in [0.15, 0.2) is 0 Å². The monoisotopic (exact) mass is 510 g/mol. The zero-order chi connectivity index (χ0) is 27.1. The minimum absolute atomic E-state index is 0.0318. The number of nitrogens with one attached hydrogen (secondary N) is 3. The topological polar surface area (TPSA) is 131 Å². The largest absolute Gasteiger partial charge is 0.507 e. The van der Waals surface area contributed by atoms with Crippen molar-refractivity contribution in [1.82, 2.24) is 30.4 Å². The first-order chi connectivity index (χ1) is 17.8. The summed E-state index contributed by atoms with van der Waals surface area (Å²) >= 11 is 0. The summed E-state index contributed by atoms with van der Waals surface area (Å²) in [5.74, 6) is -0.548. The van der Waals surface area contributed by atoms with Crippen LogP contribution in [0.25, 0.3) is 28.3 Å². The van der Waals surface area contributed by atoms with Crippen molar-refractivity contribution in [1.29, 1.82) is 0 Å². The molecule has 3 rings (SSSR count). The van der Waals surface area contributed by atoms with Crippen LogP contribution >= 0.6 is 0 Å². The van der Waals surface area contributed by atoms with E-state index in [0.717, 1.165) is 32.7 Å². The van der Waals surface area contributed by atoms with E-state index in [1.807, 2.05) is 0 Å². The first kappa shape index (κ1) is 28.1. The van der Waals surface area contributed by atoms with E-state index in [2.05, 4.69) is 58.1 Å². The van der Waals surface area contributed by atoms with Crippen LogP contribution in [0.1, 0.15) is 43.6 Å². The molecule has 0 spiro atoms. The molecule has 0 aliphatic heterocycles. The number of hydrogen-bond donors (Lipinski definition) is 4. The van der Waals surface area contributed by atoms with Crippen LogP contribution in [0.4, 0.5) is 0 Å². The third kappa shape index (κ3) is 6.08. The number of hydrogen-bond acceptors (Lipinski definition) is 8. The predicted octanol–water partition coefficient (Wildman–Crippen LogP) is 0.910. The fourth-order valence-electron chi connectivity index (χ4n) is 4.36. The molecule has 37 heavy (non-hydrogen) atoms. The normalized spacial score (nSPS) is 12.2. The first-order valence-electron chi connectivity index (χ1n) is 13.0. The second kappa shape index (κ2) is 12.6. The number of fused-ring (bicyclic) bond motifs is 2. The van der Waals surface area contributed by atoms with E-state index < -0.39 is 5.43 Å². The molecule has 0 aliphatic carbocycles. The average molecular weight is 511 g/mol. The van der Waals surface area contributed by atoms with E-state index in [4.69, 9.17) is 0 Å². The van der Waals surface area contributed by atoms with Gasteiger partial charge in [-0.1, -0.05) is 27.7 Å². The smallest absolute Gasteiger partial charge is 0.253 e. The summed E-state index contributed by atoms with van der Waals surface area (Å²) in [6, 6.07) is 2.74. The van der Waals surface area contributed by atoms with E-state index in [9.17, 15) is 19.5 Å². The molecule has 1 amide bonds. The molecule has 0 radical (unpaired) electrons. The average Bonchev–Trinajstić information content (AvgIpc) is 2.91. The number of likely N-dealkylation sites (N-methyl/N-ethyl adjacent to an activating group) is 2. The highest BCUT2D eigenvalue weighted by Gasteiger charge is 2.18. The molecule has 10 heteroatoms. The highest BCUT2D eigenvalue weighted by atomic mass is 16.3. The number of aromatic hydroxyl groups is 1. The molecule has 1 aromatic heterocycles. The molecule has 3 aromatic rings. The number of benzene rings is 2. The lowest BCUT2D eigenvalue weighted by atomic mass is 10.1. The van der Waals surface area contributed by atoms with Gasteiger partial charge in [0.05, 0.1) is 16.3 Å². The van der Waals surface area contributed by atoms with E-state index in [-0.39, 0.29) is 50.3 Å². The van der Waals surface area contributed by atoms with Crippen LogP contribution in [-0.4, -0.2) is 83.1 Å². The Hall–Kier alpha value is -3.50. The van der Waals surface area contributed by atoms with Gasteiger partial charge >= 0.3 is 0 Å². The van der Waals surface area contributed by atoms with Gasteiger partial charge in [0.25, 0.3) is 5.91 Å². The molecule has 0 saturated heterocycles. The number of phenols is 1. The highest BCUT2D eigenvalue weighted by molar-refractivity contribution is 6.06. The Balaban J connectivity index is 2.07. The van der Waals surface area contributed by atoms with Crippen molar-refractivity contribution < 1.29 is 9.90 Å². The van der Waals surface area contributed by atoms with E-state index in [1.54, 1.807) is 6.20 Å². The fourth-order valence-corrected chi connectivity index (χ4v) is 4.36. The second-order valence-electron chi connectivity index (χ2n) is 8.92. The zero-order valence-corrected chi connectivity index (χ0v) is 22.4. The summed E-state index contributed by atoms with van der Waals surface area (Å²) in [6.45, 7) is 16.0. The summed E-state index contributed by atoms with van der Waals surface area (Å²) < 4.78 is 0. The number of H-pyrrole nitrogens is 1. The summed E-state index contributed by atoms with van der Waals surface area (Å²) in [6.07, 6.45) is 1.62. The molecular formula is C27H38N6O4. The van der Waals surface area contributed by atoms with E-state index in [0.29, 0.717) is 24.9 Å². The molecule has 1 heterocycles. The molecule has 0 bridgehead atoms. The fraction of sp³-hybridized carbons (Fsp3) is 0.481. The van der Waals surface area contributed by atoms with Gasteiger partial charge in [0.1, 0.15) is 22.3 Å². The van der Waals surface area contributed by atoms with Gasteiger partial charge in [-0.3, -0.25) is 14.4 Å². The third-order valence-electron chi connectivity index (χ3n) is 6.85. The van der Waals surface area contributed by atoms with Crippen LogP contribution in [0.2, 0.25) is 0 Å². The third-order valence-corrected chi connectivity index (χ3v) is 6.85. The van der Waals surface area contributed by atoms with Gasteiger partial charge in [0, 0.05) is 37.9 Å². The predicted molar refractivity (Wildman–Crippen MR) is 148 cm³/mol. The number of aromatic amines is 1. The summed E-state index contributed by atoms with van der Waals surface area (Å²) in [5.41, 5.74) is 0.0933. The summed E-state index contributed by atoms with van der Waals surface area (Å²) in [4.78, 5) is 50.7. The molecule has 4 N–H and O–H groups in total. The van der Waals surface area contributed by atoms with Gasteiger partial charge in [-0.25, -0.2) is 4.98 Å². The van der Waals surface area contributed by atoms with Gasteiger partial charge in [0.2, 0.25) is 10.9 Å². The van der Waals surface area contributed by atoms with Crippen molar-refractivity contribution in [3.8, 4) is 5.75 Å². The van der Waals surface area contributed by atoms with Gasteiger partial charge < -0.3 is 30.5 Å².